The van der Waals surface area contributed by atoms with E-state index in [0.29, 0.717) is 13.2 Å². The van der Waals surface area contributed by atoms with Gasteiger partial charge in [0, 0.05) is 17.8 Å². The van der Waals surface area contributed by atoms with Gasteiger partial charge in [0.2, 0.25) is 0 Å². The minimum absolute atomic E-state index is 0.0574. The molecule has 24 heavy (non-hydrogen) atoms. The van der Waals surface area contributed by atoms with Crippen LogP contribution >= 0.6 is 0 Å². The van der Waals surface area contributed by atoms with Gasteiger partial charge in [-0.25, -0.2) is 0 Å². The van der Waals surface area contributed by atoms with Crippen LogP contribution in [-0.2, 0) is 6.42 Å². The summed E-state index contributed by atoms with van der Waals surface area (Å²) in [6, 6.07) is 13.4. The average Bonchev–Trinajstić information content (AvgIpc) is 2.65. The third-order valence-corrected chi connectivity index (χ3v) is 4.40. The molecule has 2 N–H and O–H groups in total. The van der Waals surface area contributed by atoms with Crippen LogP contribution in [0.5, 0.6) is 11.5 Å². The van der Waals surface area contributed by atoms with E-state index in [-0.39, 0.29) is 12.0 Å². The number of anilines is 1. The standard InChI is InChI=1S/C19H20N2O3/c22-19(15-5-3-7-16-14(15)6-4-10-20-16)21-11-13-12-23-17-8-1-2-9-18(17)24-13/h1-3,5,7-9,13,20H,4,6,10-12H2,(H,21,22). The second kappa shape index (κ2) is 6.43. The van der Waals surface area contributed by atoms with Gasteiger partial charge in [0.15, 0.2) is 11.5 Å². The van der Waals surface area contributed by atoms with Gasteiger partial charge >= 0.3 is 0 Å². The van der Waals surface area contributed by atoms with E-state index in [1.807, 2.05) is 42.5 Å². The van der Waals surface area contributed by atoms with Crippen molar-refractivity contribution in [1.82, 2.24) is 5.32 Å². The molecule has 0 spiro atoms. The number of amides is 1. The quantitative estimate of drug-likeness (QED) is 0.911. The van der Waals surface area contributed by atoms with Gasteiger partial charge in [-0.15, -0.1) is 0 Å². The molecule has 0 saturated heterocycles. The topological polar surface area (TPSA) is 59.6 Å². The van der Waals surface area contributed by atoms with Gasteiger partial charge in [0.1, 0.15) is 12.7 Å². The van der Waals surface area contributed by atoms with Crippen LogP contribution in [0.25, 0.3) is 0 Å². The summed E-state index contributed by atoms with van der Waals surface area (Å²) in [5, 5.41) is 6.33. The second-order valence-corrected chi connectivity index (χ2v) is 6.07. The first-order valence-corrected chi connectivity index (χ1v) is 8.34. The molecule has 1 unspecified atom stereocenters. The summed E-state index contributed by atoms with van der Waals surface area (Å²) in [7, 11) is 0. The van der Waals surface area contributed by atoms with Crippen molar-refractivity contribution in [2.24, 2.45) is 0 Å². The Bertz CT molecular complexity index is 760. The van der Waals surface area contributed by atoms with Crippen LogP contribution in [0.15, 0.2) is 42.5 Å². The van der Waals surface area contributed by atoms with Crippen molar-refractivity contribution >= 4 is 11.6 Å². The van der Waals surface area contributed by atoms with Gasteiger partial charge in [-0.05, 0) is 42.7 Å². The van der Waals surface area contributed by atoms with E-state index in [0.717, 1.165) is 47.7 Å². The first kappa shape index (κ1) is 14.9. The van der Waals surface area contributed by atoms with Crippen LogP contribution in [0.1, 0.15) is 22.3 Å². The summed E-state index contributed by atoms with van der Waals surface area (Å²) in [5.41, 5.74) is 2.92. The zero-order valence-electron chi connectivity index (χ0n) is 13.4. The lowest BCUT2D eigenvalue weighted by atomic mass is 9.97. The van der Waals surface area contributed by atoms with E-state index in [1.54, 1.807) is 0 Å². The van der Waals surface area contributed by atoms with Crippen molar-refractivity contribution in [3.05, 3.63) is 53.6 Å². The largest absolute Gasteiger partial charge is 0.486 e. The van der Waals surface area contributed by atoms with Crippen molar-refractivity contribution in [2.75, 3.05) is 25.0 Å². The molecule has 0 fully saturated rings. The summed E-state index contributed by atoms with van der Waals surface area (Å²) in [6.07, 6.45) is 1.80. The van der Waals surface area contributed by atoms with Gasteiger partial charge in [0.05, 0.1) is 6.54 Å². The monoisotopic (exact) mass is 324 g/mol. The summed E-state index contributed by atoms with van der Waals surface area (Å²) in [5.74, 6) is 1.42. The van der Waals surface area contributed by atoms with Crippen LogP contribution in [0.2, 0.25) is 0 Å². The van der Waals surface area contributed by atoms with Crippen LogP contribution < -0.4 is 20.1 Å². The molecular weight excluding hydrogens is 304 g/mol. The zero-order valence-corrected chi connectivity index (χ0v) is 13.4. The molecule has 0 radical (unpaired) electrons. The number of rotatable bonds is 3. The molecule has 2 aromatic rings. The fourth-order valence-corrected chi connectivity index (χ4v) is 3.19. The highest BCUT2D eigenvalue weighted by Gasteiger charge is 2.22. The Balaban J connectivity index is 1.41. The Hall–Kier alpha value is -2.69. The first-order chi connectivity index (χ1) is 11.8. The molecule has 0 bridgehead atoms. The zero-order chi connectivity index (χ0) is 16.4. The second-order valence-electron chi connectivity index (χ2n) is 6.07. The third kappa shape index (κ3) is 2.89. The van der Waals surface area contributed by atoms with E-state index in [4.69, 9.17) is 9.47 Å². The highest BCUT2D eigenvalue weighted by molar-refractivity contribution is 5.97. The van der Waals surface area contributed by atoms with E-state index >= 15 is 0 Å². The lowest BCUT2D eigenvalue weighted by Gasteiger charge is -2.27. The molecule has 0 aromatic heterocycles. The fraction of sp³-hybridized carbons (Fsp3) is 0.316. The molecule has 124 valence electrons. The Kier molecular flexibility index (Phi) is 3.99. The summed E-state index contributed by atoms with van der Waals surface area (Å²) in [6.45, 7) is 1.82. The minimum atomic E-state index is -0.179. The Labute approximate surface area is 141 Å². The van der Waals surface area contributed by atoms with Gasteiger partial charge in [-0.2, -0.15) is 0 Å². The molecular formula is C19H20N2O3. The molecule has 1 amide bonds. The number of fused-ring (bicyclic) bond motifs is 2. The first-order valence-electron chi connectivity index (χ1n) is 8.34. The number of carbonyl (C=O) groups excluding carboxylic acids is 1. The number of benzene rings is 2. The molecule has 0 saturated carbocycles. The predicted octanol–water partition coefficient (Wildman–Crippen LogP) is 2.61. The number of hydrogen-bond acceptors (Lipinski definition) is 4. The lowest BCUT2D eigenvalue weighted by Crippen LogP contribution is -2.41. The van der Waals surface area contributed by atoms with Crippen LogP contribution in [0, 0.1) is 0 Å². The maximum atomic E-state index is 12.6. The molecule has 2 aliphatic heterocycles. The molecule has 5 nitrogen and oxygen atoms in total. The Morgan fingerprint density at radius 2 is 2.04 bits per heavy atom. The van der Waals surface area contributed by atoms with Crippen molar-refractivity contribution in [1.29, 1.82) is 0 Å². The van der Waals surface area contributed by atoms with E-state index in [1.165, 1.54) is 0 Å². The maximum absolute atomic E-state index is 12.6. The number of nitrogens with one attached hydrogen (secondary N) is 2. The van der Waals surface area contributed by atoms with E-state index < -0.39 is 0 Å². The number of hydrogen-bond donors (Lipinski definition) is 2. The van der Waals surface area contributed by atoms with Crippen LogP contribution in [0.3, 0.4) is 0 Å². The smallest absolute Gasteiger partial charge is 0.251 e. The van der Waals surface area contributed by atoms with Crippen LogP contribution in [-0.4, -0.2) is 31.7 Å². The minimum Gasteiger partial charge on any atom is -0.486 e. The van der Waals surface area contributed by atoms with Gasteiger partial charge in [0.25, 0.3) is 5.91 Å². The summed E-state index contributed by atoms with van der Waals surface area (Å²) >= 11 is 0. The van der Waals surface area contributed by atoms with Gasteiger partial charge < -0.3 is 20.1 Å². The predicted molar refractivity (Wildman–Crippen MR) is 91.9 cm³/mol. The molecule has 2 aromatic carbocycles. The fourth-order valence-electron chi connectivity index (χ4n) is 3.19. The SMILES string of the molecule is O=C(NCC1COc2ccccc2O1)c1cccc2c1CCCN2. The summed E-state index contributed by atoms with van der Waals surface area (Å²) < 4.78 is 11.6. The molecule has 1 atom stereocenters. The average molecular weight is 324 g/mol. The van der Waals surface area contributed by atoms with Gasteiger partial charge in [-0.3, -0.25) is 4.79 Å². The number of carbonyl (C=O) groups is 1. The molecule has 2 aliphatic rings. The highest BCUT2D eigenvalue weighted by Crippen LogP contribution is 2.30. The Morgan fingerprint density at radius 1 is 1.17 bits per heavy atom. The van der Waals surface area contributed by atoms with Crippen molar-refractivity contribution in [2.45, 2.75) is 18.9 Å². The van der Waals surface area contributed by atoms with Crippen LogP contribution in [0.4, 0.5) is 5.69 Å². The number of ether oxygens (including phenoxy) is 2. The van der Waals surface area contributed by atoms with Crippen molar-refractivity contribution in [3.63, 3.8) is 0 Å². The normalized spacial score (nSPS) is 18.2. The molecule has 0 aliphatic carbocycles. The van der Waals surface area contributed by atoms with Crippen molar-refractivity contribution in [3.8, 4) is 11.5 Å². The van der Waals surface area contributed by atoms with Gasteiger partial charge in [-0.1, -0.05) is 18.2 Å². The number of para-hydroxylation sites is 2. The van der Waals surface area contributed by atoms with Crippen molar-refractivity contribution < 1.29 is 14.3 Å². The highest BCUT2D eigenvalue weighted by atomic mass is 16.6. The van der Waals surface area contributed by atoms with E-state index in [2.05, 4.69) is 10.6 Å². The molecule has 4 rings (SSSR count). The Morgan fingerprint density at radius 3 is 2.96 bits per heavy atom. The molecule has 2 heterocycles. The molecule has 5 heteroatoms. The summed E-state index contributed by atoms with van der Waals surface area (Å²) in [4.78, 5) is 12.6. The maximum Gasteiger partial charge on any atom is 0.251 e. The third-order valence-electron chi connectivity index (χ3n) is 4.40. The lowest BCUT2D eigenvalue weighted by molar-refractivity contribution is 0.0788. The van der Waals surface area contributed by atoms with E-state index in [9.17, 15) is 4.79 Å².